The number of hydrogen-bond donors (Lipinski definition) is 0. The minimum absolute atomic E-state index is 0.172. The summed E-state index contributed by atoms with van der Waals surface area (Å²) in [6, 6.07) is 6.76. The van der Waals surface area contributed by atoms with E-state index in [1.165, 1.54) is 25.8 Å². The Morgan fingerprint density at radius 1 is 1.25 bits per heavy atom. The van der Waals surface area contributed by atoms with Crippen molar-refractivity contribution in [1.29, 1.82) is 0 Å². The third-order valence-corrected chi connectivity index (χ3v) is 4.29. The third kappa shape index (κ3) is 1.65. The van der Waals surface area contributed by atoms with Crippen molar-refractivity contribution in [2.45, 2.75) is 33.1 Å². The summed E-state index contributed by atoms with van der Waals surface area (Å²) >= 11 is 2.39. The van der Waals surface area contributed by atoms with Crippen molar-refractivity contribution in [2.24, 2.45) is 0 Å². The van der Waals surface area contributed by atoms with Crippen LogP contribution in [0.15, 0.2) is 35.9 Å². The zero-order chi connectivity index (χ0) is 11.9. The lowest BCUT2D eigenvalue weighted by Gasteiger charge is -2.22. The van der Waals surface area contributed by atoms with Gasteiger partial charge in [-0.1, -0.05) is 37.6 Å². The van der Waals surface area contributed by atoms with Crippen LogP contribution in [0, 0.1) is 3.57 Å². The maximum atomic E-state index is 2.39. The summed E-state index contributed by atoms with van der Waals surface area (Å²) in [7, 11) is 0. The molecule has 0 nitrogen and oxygen atoms in total. The fraction of sp³-hybridized carbons (Fsp3) is 0.333. The highest BCUT2D eigenvalue weighted by molar-refractivity contribution is 14.1. The van der Waals surface area contributed by atoms with E-state index in [0.29, 0.717) is 0 Å². The van der Waals surface area contributed by atoms with Gasteiger partial charge in [0.15, 0.2) is 0 Å². The molecule has 1 aromatic rings. The zero-order valence-electron chi connectivity index (χ0n) is 10.3. The quantitative estimate of drug-likeness (QED) is 0.643. The van der Waals surface area contributed by atoms with Gasteiger partial charge in [-0.25, -0.2) is 0 Å². The van der Waals surface area contributed by atoms with E-state index in [1.54, 1.807) is 0 Å². The Morgan fingerprint density at radius 3 is 2.56 bits per heavy atom. The molecule has 0 amide bonds. The number of halogens is 1. The molecule has 1 aromatic carbocycles. The predicted octanol–water partition coefficient (Wildman–Crippen LogP) is 4.93. The molecule has 16 heavy (non-hydrogen) atoms. The molecule has 0 bridgehead atoms. The summed E-state index contributed by atoms with van der Waals surface area (Å²) in [5.41, 5.74) is 5.92. The second-order valence-electron chi connectivity index (χ2n) is 4.85. The highest BCUT2D eigenvalue weighted by Crippen LogP contribution is 2.46. The van der Waals surface area contributed by atoms with Crippen LogP contribution >= 0.6 is 22.6 Å². The number of fused-ring (bicyclic) bond motifs is 1. The minimum atomic E-state index is 0.172. The van der Waals surface area contributed by atoms with E-state index in [9.17, 15) is 0 Å². The van der Waals surface area contributed by atoms with Gasteiger partial charge in [0.2, 0.25) is 0 Å². The summed E-state index contributed by atoms with van der Waals surface area (Å²) in [6.07, 6.45) is 4.36. The highest BCUT2D eigenvalue weighted by Gasteiger charge is 2.34. The molecule has 0 fully saturated rings. The second-order valence-corrected chi connectivity index (χ2v) is 6.10. The van der Waals surface area contributed by atoms with Crippen LogP contribution in [0.4, 0.5) is 0 Å². The standard InChI is InChI=1S/C15H17I/c1-5-6-12-10(2)15(3,4)14-9-11(16)7-8-13(12)14/h5-9H,1-4H3/b6-5-. The highest BCUT2D eigenvalue weighted by atomic mass is 127. The van der Waals surface area contributed by atoms with Crippen LogP contribution in [-0.2, 0) is 5.41 Å². The average molecular weight is 324 g/mol. The van der Waals surface area contributed by atoms with E-state index in [1.807, 2.05) is 0 Å². The van der Waals surface area contributed by atoms with Gasteiger partial charge >= 0.3 is 0 Å². The molecule has 0 N–H and O–H groups in total. The van der Waals surface area contributed by atoms with Crippen molar-refractivity contribution in [2.75, 3.05) is 0 Å². The fourth-order valence-electron chi connectivity index (χ4n) is 2.39. The summed E-state index contributed by atoms with van der Waals surface area (Å²) in [4.78, 5) is 0. The monoisotopic (exact) mass is 324 g/mol. The molecular weight excluding hydrogens is 307 g/mol. The molecule has 1 aliphatic rings. The third-order valence-electron chi connectivity index (χ3n) is 3.62. The Bertz CT molecular complexity index is 490. The first-order valence-electron chi connectivity index (χ1n) is 5.63. The molecule has 0 aliphatic heterocycles. The van der Waals surface area contributed by atoms with Crippen LogP contribution < -0.4 is 0 Å². The molecule has 0 heterocycles. The van der Waals surface area contributed by atoms with Gasteiger partial charge in [-0.2, -0.15) is 0 Å². The molecule has 0 unspecified atom stereocenters. The topological polar surface area (TPSA) is 0 Å². The van der Waals surface area contributed by atoms with Gasteiger partial charge in [0.1, 0.15) is 0 Å². The first-order chi connectivity index (χ1) is 7.48. The van der Waals surface area contributed by atoms with Crippen molar-refractivity contribution in [1.82, 2.24) is 0 Å². The van der Waals surface area contributed by atoms with Crippen LogP contribution in [0.5, 0.6) is 0 Å². The van der Waals surface area contributed by atoms with Gasteiger partial charge in [0, 0.05) is 8.99 Å². The molecule has 0 aromatic heterocycles. The Balaban J connectivity index is 2.71. The Labute approximate surface area is 112 Å². The first-order valence-corrected chi connectivity index (χ1v) is 6.71. The summed E-state index contributed by atoms with van der Waals surface area (Å²) in [5, 5.41) is 0. The molecule has 0 radical (unpaired) electrons. The van der Waals surface area contributed by atoms with Crippen molar-refractivity contribution >= 4 is 28.2 Å². The van der Waals surface area contributed by atoms with E-state index in [4.69, 9.17) is 0 Å². The lowest BCUT2D eigenvalue weighted by molar-refractivity contribution is 0.638. The molecule has 0 atom stereocenters. The molecule has 0 spiro atoms. The Hall–Kier alpha value is -0.570. The average Bonchev–Trinajstić information content (AvgIpc) is 2.41. The lowest BCUT2D eigenvalue weighted by Crippen LogP contribution is -2.15. The summed E-state index contributed by atoms with van der Waals surface area (Å²) in [5.74, 6) is 0. The molecule has 2 rings (SSSR count). The Kier molecular flexibility index (Phi) is 2.99. The van der Waals surface area contributed by atoms with E-state index < -0.39 is 0 Å². The fourth-order valence-corrected chi connectivity index (χ4v) is 2.88. The first kappa shape index (κ1) is 11.9. The van der Waals surface area contributed by atoms with Crippen molar-refractivity contribution in [3.8, 4) is 0 Å². The van der Waals surface area contributed by atoms with Gasteiger partial charge in [0.25, 0.3) is 0 Å². The predicted molar refractivity (Wildman–Crippen MR) is 79.6 cm³/mol. The van der Waals surface area contributed by atoms with Crippen LogP contribution in [0.2, 0.25) is 0 Å². The van der Waals surface area contributed by atoms with E-state index >= 15 is 0 Å². The lowest BCUT2D eigenvalue weighted by atomic mass is 9.82. The summed E-state index contributed by atoms with van der Waals surface area (Å²) < 4.78 is 1.32. The molecule has 1 heteroatoms. The minimum Gasteiger partial charge on any atom is -0.0870 e. The van der Waals surface area contributed by atoms with Gasteiger partial charge in [0.05, 0.1) is 0 Å². The number of benzene rings is 1. The van der Waals surface area contributed by atoms with Crippen molar-refractivity contribution < 1.29 is 0 Å². The van der Waals surface area contributed by atoms with Crippen LogP contribution in [-0.4, -0.2) is 0 Å². The van der Waals surface area contributed by atoms with Crippen LogP contribution in [0.25, 0.3) is 5.57 Å². The van der Waals surface area contributed by atoms with E-state index in [2.05, 4.69) is 80.6 Å². The molecule has 0 saturated heterocycles. The molecular formula is C15H17I. The molecule has 1 aliphatic carbocycles. The van der Waals surface area contributed by atoms with Gasteiger partial charge in [-0.15, -0.1) is 0 Å². The van der Waals surface area contributed by atoms with Gasteiger partial charge in [-0.05, 0) is 65.3 Å². The van der Waals surface area contributed by atoms with Crippen LogP contribution in [0.3, 0.4) is 0 Å². The number of rotatable bonds is 1. The number of hydrogen-bond acceptors (Lipinski definition) is 0. The SMILES string of the molecule is C/C=C\C1=C(C)C(C)(C)c2cc(I)ccc21. The maximum Gasteiger partial charge on any atom is 0.0133 e. The van der Waals surface area contributed by atoms with Gasteiger partial charge < -0.3 is 0 Å². The summed E-state index contributed by atoms with van der Waals surface area (Å²) in [6.45, 7) is 8.96. The smallest absolute Gasteiger partial charge is 0.0133 e. The Morgan fingerprint density at radius 2 is 1.94 bits per heavy atom. The second kappa shape index (κ2) is 4.02. The number of allylic oxidation sites excluding steroid dienone is 4. The van der Waals surface area contributed by atoms with E-state index in [-0.39, 0.29) is 5.41 Å². The van der Waals surface area contributed by atoms with Crippen LogP contribution in [0.1, 0.15) is 38.8 Å². The van der Waals surface area contributed by atoms with Gasteiger partial charge in [-0.3, -0.25) is 0 Å². The maximum absolute atomic E-state index is 2.39. The largest absolute Gasteiger partial charge is 0.0870 e. The normalized spacial score (nSPS) is 18.3. The molecule has 84 valence electrons. The van der Waals surface area contributed by atoms with E-state index in [0.717, 1.165) is 0 Å². The molecule has 0 saturated carbocycles. The van der Waals surface area contributed by atoms with Crippen molar-refractivity contribution in [3.63, 3.8) is 0 Å². The van der Waals surface area contributed by atoms with Crippen molar-refractivity contribution in [3.05, 3.63) is 50.6 Å². The zero-order valence-corrected chi connectivity index (χ0v) is 12.4.